The van der Waals surface area contributed by atoms with E-state index in [-0.39, 0.29) is 23.4 Å². The van der Waals surface area contributed by atoms with Gasteiger partial charge < -0.3 is 4.90 Å². The van der Waals surface area contributed by atoms with Crippen molar-refractivity contribution in [2.24, 2.45) is 11.8 Å². The fourth-order valence-corrected chi connectivity index (χ4v) is 1.13. The van der Waals surface area contributed by atoms with Crippen LogP contribution in [0.3, 0.4) is 0 Å². The number of nitrogens with zero attached hydrogens (tertiary/aromatic N) is 1. The highest BCUT2D eigenvalue weighted by Gasteiger charge is 2.23. The summed E-state index contributed by atoms with van der Waals surface area (Å²) in [6.45, 7) is 7.22. The number of ketones is 2. The van der Waals surface area contributed by atoms with E-state index in [0.29, 0.717) is 5.57 Å². The fourth-order valence-electron chi connectivity index (χ4n) is 1.13. The first-order valence-corrected chi connectivity index (χ1v) is 5.24. The third-order valence-corrected chi connectivity index (χ3v) is 1.97. The van der Waals surface area contributed by atoms with Crippen molar-refractivity contribution in [2.45, 2.75) is 27.7 Å². The Hall–Kier alpha value is -1.12. The van der Waals surface area contributed by atoms with Crippen molar-refractivity contribution in [3.63, 3.8) is 0 Å². The molecular weight excluding hydrogens is 190 g/mol. The molecule has 86 valence electrons. The molecule has 0 heterocycles. The summed E-state index contributed by atoms with van der Waals surface area (Å²) in [6, 6.07) is 0. The number of rotatable bonds is 5. The zero-order valence-corrected chi connectivity index (χ0v) is 10.5. The van der Waals surface area contributed by atoms with Crippen LogP contribution in [0.15, 0.2) is 11.8 Å². The molecule has 0 atom stereocenters. The van der Waals surface area contributed by atoms with E-state index >= 15 is 0 Å². The van der Waals surface area contributed by atoms with Crippen LogP contribution in [0.25, 0.3) is 0 Å². The summed E-state index contributed by atoms with van der Waals surface area (Å²) in [4.78, 5) is 25.3. The number of allylic oxidation sites excluding steroid dienone is 1. The largest absolute Gasteiger partial charge is 0.383 e. The zero-order valence-electron chi connectivity index (χ0n) is 10.5. The summed E-state index contributed by atoms with van der Waals surface area (Å²) >= 11 is 0. The summed E-state index contributed by atoms with van der Waals surface area (Å²) in [5.74, 6) is -0.442. The van der Waals surface area contributed by atoms with Crippen LogP contribution in [0.2, 0.25) is 0 Å². The van der Waals surface area contributed by atoms with Gasteiger partial charge in [0, 0.05) is 32.1 Å². The van der Waals surface area contributed by atoms with E-state index in [1.54, 1.807) is 52.9 Å². The Bertz CT molecular complexity index is 253. The molecule has 0 N–H and O–H groups in total. The highest BCUT2D eigenvalue weighted by Crippen LogP contribution is 2.12. The average molecular weight is 211 g/mol. The minimum absolute atomic E-state index is 0.0811. The Morgan fingerprint density at radius 3 is 1.47 bits per heavy atom. The van der Waals surface area contributed by atoms with Gasteiger partial charge in [0.2, 0.25) is 0 Å². The maximum absolute atomic E-state index is 11.8. The first-order chi connectivity index (χ1) is 6.77. The summed E-state index contributed by atoms with van der Waals surface area (Å²) in [5, 5.41) is 0. The number of Topliss-reactive ketones (excluding diaryl/α,β-unsaturated/α-hetero) is 2. The quantitative estimate of drug-likeness (QED) is 0.396. The molecule has 3 heteroatoms. The normalized spacial score (nSPS) is 10.4. The summed E-state index contributed by atoms with van der Waals surface area (Å²) in [6.07, 6.45) is 1.62. The second-order valence-corrected chi connectivity index (χ2v) is 4.54. The molecule has 0 aliphatic carbocycles. The molecule has 3 nitrogen and oxygen atoms in total. The lowest BCUT2D eigenvalue weighted by atomic mass is 9.93. The average Bonchev–Trinajstić information content (AvgIpc) is 2.11. The molecule has 15 heavy (non-hydrogen) atoms. The standard InChI is InChI=1S/C12H21NO2/c1-8(2)11(14)10(7-13(5)6)12(15)9(3)4/h7-9H,1-6H3. The van der Waals surface area contributed by atoms with Crippen molar-refractivity contribution < 1.29 is 9.59 Å². The van der Waals surface area contributed by atoms with Crippen molar-refractivity contribution in [3.05, 3.63) is 11.8 Å². The van der Waals surface area contributed by atoms with E-state index in [9.17, 15) is 9.59 Å². The molecule has 0 amide bonds. The van der Waals surface area contributed by atoms with Crippen LogP contribution in [0.4, 0.5) is 0 Å². The molecule has 0 fully saturated rings. The van der Waals surface area contributed by atoms with E-state index in [1.165, 1.54) is 0 Å². The monoisotopic (exact) mass is 211 g/mol. The number of carbonyl (C=O) groups is 2. The van der Waals surface area contributed by atoms with Crippen LogP contribution in [-0.2, 0) is 9.59 Å². The third kappa shape index (κ3) is 4.28. The van der Waals surface area contributed by atoms with Crippen molar-refractivity contribution in [1.29, 1.82) is 0 Å². The van der Waals surface area contributed by atoms with Gasteiger partial charge in [-0.3, -0.25) is 9.59 Å². The van der Waals surface area contributed by atoms with Crippen molar-refractivity contribution >= 4 is 11.6 Å². The molecule has 0 aromatic heterocycles. The molecule has 0 rings (SSSR count). The summed E-state index contributed by atoms with van der Waals surface area (Å²) in [7, 11) is 3.61. The molecule has 0 unspecified atom stereocenters. The predicted molar refractivity (Wildman–Crippen MR) is 61.5 cm³/mol. The minimum atomic E-state index is -0.140. The Labute approximate surface area is 92.1 Å². The van der Waals surface area contributed by atoms with E-state index in [0.717, 1.165) is 0 Å². The van der Waals surface area contributed by atoms with Gasteiger partial charge in [0.05, 0.1) is 5.57 Å². The SMILES string of the molecule is CC(C)C(=O)C(=CN(C)C)C(=O)C(C)C. The topological polar surface area (TPSA) is 37.4 Å². The Morgan fingerprint density at radius 2 is 1.27 bits per heavy atom. The molecule has 0 bridgehead atoms. The van der Waals surface area contributed by atoms with Gasteiger partial charge in [-0.15, -0.1) is 0 Å². The molecule has 0 aliphatic rings. The van der Waals surface area contributed by atoms with Crippen LogP contribution >= 0.6 is 0 Å². The van der Waals surface area contributed by atoms with Gasteiger partial charge in [0.25, 0.3) is 0 Å². The van der Waals surface area contributed by atoms with Crippen LogP contribution < -0.4 is 0 Å². The van der Waals surface area contributed by atoms with Crippen LogP contribution in [0.1, 0.15) is 27.7 Å². The Kier molecular flexibility index (Phi) is 5.26. The van der Waals surface area contributed by atoms with Gasteiger partial charge in [-0.05, 0) is 0 Å². The summed E-state index contributed by atoms with van der Waals surface area (Å²) < 4.78 is 0. The molecule has 0 aromatic carbocycles. The smallest absolute Gasteiger partial charge is 0.170 e. The molecule has 0 aliphatic heterocycles. The highest BCUT2D eigenvalue weighted by molar-refractivity contribution is 6.21. The molecule has 0 spiro atoms. The van der Waals surface area contributed by atoms with Crippen LogP contribution in [0.5, 0.6) is 0 Å². The molecule has 0 saturated carbocycles. The second kappa shape index (κ2) is 5.69. The van der Waals surface area contributed by atoms with Gasteiger partial charge in [-0.25, -0.2) is 0 Å². The molecular formula is C12H21NO2. The minimum Gasteiger partial charge on any atom is -0.383 e. The van der Waals surface area contributed by atoms with Crippen molar-refractivity contribution in [1.82, 2.24) is 4.90 Å². The van der Waals surface area contributed by atoms with Gasteiger partial charge in [0.1, 0.15) is 0 Å². The van der Waals surface area contributed by atoms with Crippen LogP contribution in [-0.4, -0.2) is 30.6 Å². The predicted octanol–water partition coefficient (Wildman–Crippen LogP) is 1.88. The maximum Gasteiger partial charge on any atom is 0.170 e. The number of carbonyl (C=O) groups excluding carboxylic acids is 2. The zero-order chi connectivity index (χ0) is 12.2. The van der Waals surface area contributed by atoms with Gasteiger partial charge in [-0.2, -0.15) is 0 Å². The Morgan fingerprint density at radius 1 is 0.933 bits per heavy atom. The van der Waals surface area contributed by atoms with Gasteiger partial charge >= 0.3 is 0 Å². The van der Waals surface area contributed by atoms with Crippen molar-refractivity contribution in [2.75, 3.05) is 14.1 Å². The maximum atomic E-state index is 11.8. The Balaban J connectivity index is 5.08. The summed E-state index contributed by atoms with van der Waals surface area (Å²) in [5.41, 5.74) is 0.310. The number of hydrogen-bond donors (Lipinski definition) is 0. The first-order valence-electron chi connectivity index (χ1n) is 5.24. The lowest BCUT2D eigenvalue weighted by Gasteiger charge is -2.13. The molecule has 0 radical (unpaired) electrons. The van der Waals surface area contributed by atoms with E-state index in [2.05, 4.69) is 0 Å². The van der Waals surface area contributed by atoms with Crippen molar-refractivity contribution in [3.8, 4) is 0 Å². The van der Waals surface area contributed by atoms with Crippen LogP contribution in [0, 0.1) is 11.8 Å². The lowest BCUT2D eigenvalue weighted by Crippen LogP contribution is -2.23. The van der Waals surface area contributed by atoms with E-state index in [1.807, 2.05) is 0 Å². The number of hydrogen-bond acceptors (Lipinski definition) is 3. The third-order valence-electron chi connectivity index (χ3n) is 1.97. The van der Waals surface area contributed by atoms with Gasteiger partial charge in [0.15, 0.2) is 11.6 Å². The van der Waals surface area contributed by atoms with E-state index < -0.39 is 0 Å². The van der Waals surface area contributed by atoms with Gasteiger partial charge in [-0.1, -0.05) is 27.7 Å². The van der Waals surface area contributed by atoms with E-state index in [4.69, 9.17) is 0 Å². The molecule has 0 aromatic rings. The lowest BCUT2D eigenvalue weighted by molar-refractivity contribution is -0.124. The first kappa shape index (κ1) is 13.9. The second-order valence-electron chi connectivity index (χ2n) is 4.54. The fraction of sp³-hybridized carbons (Fsp3) is 0.667. The highest BCUT2D eigenvalue weighted by atomic mass is 16.1. The molecule has 0 saturated heterocycles.